The fraction of sp³-hybridized carbons (Fsp3) is 0.348. The minimum Gasteiger partial charge on any atom is -0.508 e. The molecule has 8 nitrogen and oxygen atoms in total. The number of carbonyl (C=O) groups is 3. The molecule has 8 heteroatoms. The van der Waals surface area contributed by atoms with Crippen LogP contribution in [-0.4, -0.2) is 47.2 Å². The summed E-state index contributed by atoms with van der Waals surface area (Å²) in [7, 11) is 0. The summed E-state index contributed by atoms with van der Waals surface area (Å²) in [4.78, 5) is 35.2. The highest BCUT2D eigenvalue weighted by Gasteiger charge is 2.26. The molecule has 2 aromatic carbocycles. The van der Waals surface area contributed by atoms with Crippen LogP contribution in [0.15, 0.2) is 48.5 Å². The monoisotopic (exact) mass is 426 g/mol. The van der Waals surface area contributed by atoms with Crippen LogP contribution in [0.1, 0.15) is 46.4 Å². The second-order valence-corrected chi connectivity index (χ2v) is 7.51. The molecule has 0 unspecified atom stereocenters. The van der Waals surface area contributed by atoms with Gasteiger partial charge in [-0.1, -0.05) is 0 Å². The highest BCUT2D eigenvalue weighted by molar-refractivity contribution is 5.95. The van der Waals surface area contributed by atoms with Crippen LogP contribution in [-0.2, 0) is 4.79 Å². The summed E-state index contributed by atoms with van der Waals surface area (Å²) >= 11 is 0. The molecule has 1 aliphatic carbocycles. The Morgan fingerprint density at radius 2 is 1.29 bits per heavy atom. The summed E-state index contributed by atoms with van der Waals surface area (Å²) in [5, 5.41) is 23.7. The molecular weight excluding hydrogens is 400 g/mol. The van der Waals surface area contributed by atoms with Crippen molar-refractivity contribution in [2.24, 2.45) is 5.92 Å². The molecule has 0 heterocycles. The molecule has 31 heavy (non-hydrogen) atoms. The van der Waals surface area contributed by atoms with Crippen LogP contribution in [0.4, 0.5) is 0 Å². The Bertz CT molecular complexity index is 903. The third-order valence-corrected chi connectivity index (χ3v) is 5.27. The zero-order chi connectivity index (χ0) is 22.2. The predicted octanol–water partition coefficient (Wildman–Crippen LogP) is 2.57. The van der Waals surface area contributed by atoms with Crippen LogP contribution in [0.25, 0.3) is 0 Å². The number of benzene rings is 2. The topological polar surface area (TPSA) is 125 Å². The lowest BCUT2D eigenvalue weighted by molar-refractivity contribution is -0.143. The van der Waals surface area contributed by atoms with Gasteiger partial charge < -0.3 is 25.6 Å². The van der Waals surface area contributed by atoms with Crippen LogP contribution in [0, 0.1) is 5.92 Å². The molecule has 1 saturated carbocycles. The third kappa shape index (κ3) is 6.47. The number of carboxylic acids is 1. The molecule has 4 N–H and O–H groups in total. The highest BCUT2D eigenvalue weighted by Crippen LogP contribution is 2.28. The van der Waals surface area contributed by atoms with E-state index in [1.54, 1.807) is 24.3 Å². The van der Waals surface area contributed by atoms with E-state index in [0.29, 0.717) is 42.6 Å². The standard InChI is InChI=1S/C23H26N2O6/c26-18-7-1-15(2-8-18)21(27)24-13-14-25-22(28)16-3-9-19(10-4-16)31-20-11-5-17(6-12-20)23(29)30/h1-4,7-10,17,20,26H,5-6,11-14H2,(H,24,27)(H,25,28)(H,29,30)/t17-,20+. The van der Waals surface area contributed by atoms with Crippen LogP contribution in [0.3, 0.4) is 0 Å². The highest BCUT2D eigenvalue weighted by atomic mass is 16.5. The second-order valence-electron chi connectivity index (χ2n) is 7.51. The van der Waals surface area contributed by atoms with E-state index < -0.39 is 5.97 Å². The number of hydrogen-bond acceptors (Lipinski definition) is 5. The van der Waals surface area contributed by atoms with Crippen LogP contribution in [0.2, 0.25) is 0 Å². The van der Waals surface area contributed by atoms with Crippen molar-refractivity contribution >= 4 is 17.8 Å². The van der Waals surface area contributed by atoms with Gasteiger partial charge in [0.1, 0.15) is 11.5 Å². The smallest absolute Gasteiger partial charge is 0.306 e. The predicted molar refractivity (Wildman–Crippen MR) is 113 cm³/mol. The largest absolute Gasteiger partial charge is 0.508 e. The van der Waals surface area contributed by atoms with E-state index in [-0.39, 0.29) is 42.7 Å². The van der Waals surface area contributed by atoms with E-state index in [9.17, 15) is 19.5 Å². The van der Waals surface area contributed by atoms with E-state index in [0.717, 1.165) is 0 Å². The molecule has 0 spiro atoms. The summed E-state index contributed by atoms with van der Waals surface area (Å²) in [5.41, 5.74) is 0.906. The summed E-state index contributed by atoms with van der Waals surface area (Å²) in [6.45, 7) is 0.541. The first kappa shape index (κ1) is 22.1. The van der Waals surface area contributed by atoms with Gasteiger partial charge in [0.25, 0.3) is 11.8 Å². The SMILES string of the molecule is O=C(NCCNC(=O)c1ccc(O[C@H]2CC[C@@H](C(=O)O)CC2)cc1)c1ccc(O)cc1. The number of aliphatic carboxylic acids is 1. The van der Waals surface area contributed by atoms with Crippen LogP contribution in [0.5, 0.6) is 11.5 Å². The number of ether oxygens (including phenoxy) is 1. The van der Waals surface area contributed by atoms with Crippen molar-refractivity contribution in [3.63, 3.8) is 0 Å². The molecule has 0 aliphatic heterocycles. The van der Waals surface area contributed by atoms with Crippen molar-refractivity contribution in [2.45, 2.75) is 31.8 Å². The average Bonchev–Trinajstić information content (AvgIpc) is 2.78. The van der Waals surface area contributed by atoms with Crippen LogP contribution < -0.4 is 15.4 Å². The van der Waals surface area contributed by atoms with Crippen LogP contribution >= 0.6 is 0 Å². The molecule has 1 aliphatic rings. The molecule has 0 bridgehead atoms. The first-order valence-corrected chi connectivity index (χ1v) is 10.3. The molecular formula is C23H26N2O6. The van der Waals surface area contributed by atoms with Gasteiger partial charge in [0.2, 0.25) is 0 Å². The molecule has 0 radical (unpaired) electrons. The fourth-order valence-electron chi connectivity index (χ4n) is 3.47. The van der Waals surface area contributed by atoms with Gasteiger partial charge in [-0.05, 0) is 74.2 Å². The second kappa shape index (κ2) is 10.5. The van der Waals surface area contributed by atoms with Gasteiger partial charge in [-0.2, -0.15) is 0 Å². The molecule has 2 aromatic rings. The number of aromatic hydroxyl groups is 1. The number of rotatable bonds is 8. The lowest BCUT2D eigenvalue weighted by Crippen LogP contribution is -2.34. The Morgan fingerprint density at radius 3 is 1.77 bits per heavy atom. The number of hydrogen-bond donors (Lipinski definition) is 4. The maximum absolute atomic E-state index is 12.3. The zero-order valence-electron chi connectivity index (χ0n) is 17.0. The van der Waals surface area contributed by atoms with E-state index in [1.165, 1.54) is 24.3 Å². The van der Waals surface area contributed by atoms with Crippen molar-refractivity contribution in [1.29, 1.82) is 0 Å². The normalized spacial score (nSPS) is 18.1. The van der Waals surface area contributed by atoms with Crippen molar-refractivity contribution in [2.75, 3.05) is 13.1 Å². The maximum atomic E-state index is 12.3. The molecule has 1 fully saturated rings. The van der Waals surface area contributed by atoms with Gasteiger partial charge in [-0.3, -0.25) is 14.4 Å². The van der Waals surface area contributed by atoms with Crippen molar-refractivity contribution in [1.82, 2.24) is 10.6 Å². The van der Waals surface area contributed by atoms with E-state index in [2.05, 4.69) is 10.6 Å². The summed E-state index contributed by atoms with van der Waals surface area (Å²) in [6, 6.07) is 12.7. The minimum atomic E-state index is -0.742. The Morgan fingerprint density at radius 1 is 0.806 bits per heavy atom. The van der Waals surface area contributed by atoms with E-state index >= 15 is 0 Å². The number of carboxylic acid groups (broad SMARTS) is 1. The fourth-order valence-corrected chi connectivity index (χ4v) is 3.47. The van der Waals surface area contributed by atoms with Gasteiger partial charge in [0, 0.05) is 24.2 Å². The summed E-state index contributed by atoms with van der Waals surface area (Å²) in [5.74, 6) is -0.826. The molecule has 0 atom stereocenters. The third-order valence-electron chi connectivity index (χ3n) is 5.27. The molecule has 3 rings (SSSR count). The number of phenols is 1. The molecule has 2 amide bonds. The first-order chi connectivity index (χ1) is 14.9. The Balaban J connectivity index is 1.38. The van der Waals surface area contributed by atoms with E-state index in [1.807, 2.05) is 0 Å². The Kier molecular flexibility index (Phi) is 7.48. The lowest BCUT2D eigenvalue weighted by Gasteiger charge is -2.26. The number of amides is 2. The van der Waals surface area contributed by atoms with Gasteiger partial charge in [0.15, 0.2) is 0 Å². The lowest BCUT2D eigenvalue weighted by atomic mass is 9.87. The summed E-state index contributed by atoms with van der Waals surface area (Å²) in [6.07, 6.45) is 2.63. The Hall–Kier alpha value is -3.55. The maximum Gasteiger partial charge on any atom is 0.306 e. The number of carbonyl (C=O) groups excluding carboxylic acids is 2. The first-order valence-electron chi connectivity index (χ1n) is 10.3. The Labute approximate surface area is 180 Å². The van der Waals surface area contributed by atoms with Gasteiger partial charge in [-0.25, -0.2) is 0 Å². The van der Waals surface area contributed by atoms with Gasteiger partial charge in [-0.15, -0.1) is 0 Å². The van der Waals surface area contributed by atoms with Crippen molar-refractivity contribution in [3.05, 3.63) is 59.7 Å². The number of phenolic OH excluding ortho intramolecular Hbond substituents is 1. The van der Waals surface area contributed by atoms with Crippen molar-refractivity contribution in [3.8, 4) is 11.5 Å². The zero-order valence-corrected chi connectivity index (χ0v) is 17.0. The molecule has 0 saturated heterocycles. The average molecular weight is 426 g/mol. The van der Waals surface area contributed by atoms with Crippen molar-refractivity contribution < 1.29 is 29.3 Å². The van der Waals surface area contributed by atoms with E-state index in [4.69, 9.17) is 9.84 Å². The van der Waals surface area contributed by atoms with Gasteiger partial charge >= 0.3 is 5.97 Å². The molecule has 164 valence electrons. The minimum absolute atomic E-state index is 0.00697. The number of nitrogens with one attached hydrogen (secondary N) is 2. The molecule has 0 aromatic heterocycles. The quantitative estimate of drug-likeness (QED) is 0.481. The summed E-state index contributed by atoms with van der Waals surface area (Å²) < 4.78 is 5.90. The van der Waals surface area contributed by atoms with Gasteiger partial charge in [0.05, 0.1) is 12.0 Å².